The number of hydrogen-bond acceptors (Lipinski definition) is 4. The fourth-order valence-electron chi connectivity index (χ4n) is 2.65. The molecule has 0 aliphatic heterocycles. The Morgan fingerprint density at radius 2 is 2.35 bits per heavy atom. The summed E-state index contributed by atoms with van der Waals surface area (Å²) in [5, 5.41) is 3.39. The molecule has 3 N–H and O–H groups in total. The van der Waals surface area contributed by atoms with Gasteiger partial charge in [-0.15, -0.1) is 0 Å². The Balaban J connectivity index is 2.00. The highest BCUT2D eigenvalue weighted by Crippen LogP contribution is 2.54. The predicted molar refractivity (Wildman–Crippen MR) is 66.5 cm³/mol. The van der Waals surface area contributed by atoms with Crippen molar-refractivity contribution in [3.8, 4) is 0 Å². The Labute approximate surface area is 100 Å². The molecule has 4 nitrogen and oxygen atoms in total. The molecular weight excluding hydrogens is 214 g/mol. The van der Waals surface area contributed by atoms with Crippen molar-refractivity contribution >= 4 is 11.1 Å². The van der Waals surface area contributed by atoms with Gasteiger partial charge in [0.25, 0.3) is 0 Å². The molecule has 90 valence electrons. The van der Waals surface area contributed by atoms with Crippen LogP contribution in [0.3, 0.4) is 0 Å². The Kier molecular flexibility index (Phi) is 2.42. The molecular formula is C13H17N3O. The van der Waals surface area contributed by atoms with E-state index in [-0.39, 0.29) is 5.41 Å². The Bertz CT molecular complexity index is 530. The van der Waals surface area contributed by atoms with Gasteiger partial charge in [0, 0.05) is 11.5 Å². The Morgan fingerprint density at radius 3 is 3.00 bits per heavy atom. The minimum atomic E-state index is 0.239. The molecule has 0 radical (unpaired) electrons. The van der Waals surface area contributed by atoms with Crippen LogP contribution in [0.1, 0.15) is 24.4 Å². The zero-order valence-electron chi connectivity index (χ0n) is 9.94. The fraction of sp³-hybridized carbons (Fsp3) is 0.462. The number of nitrogens with one attached hydrogen (secondary N) is 1. The topological polar surface area (TPSA) is 64.1 Å². The van der Waals surface area contributed by atoms with E-state index in [1.54, 1.807) is 0 Å². The molecule has 1 aliphatic carbocycles. The van der Waals surface area contributed by atoms with Crippen molar-refractivity contribution in [3.63, 3.8) is 0 Å². The molecule has 2 aromatic rings. The number of fused-ring (bicyclic) bond motifs is 1. The van der Waals surface area contributed by atoms with E-state index < -0.39 is 0 Å². The van der Waals surface area contributed by atoms with Crippen LogP contribution in [-0.2, 0) is 0 Å². The van der Waals surface area contributed by atoms with E-state index in [2.05, 4.69) is 22.4 Å². The van der Waals surface area contributed by atoms with Gasteiger partial charge in [-0.2, -0.15) is 0 Å². The SMILES string of the molecule is CNC(c1ccc2ncoc2c1)C1(CN)CC1. The molecule has 1 aromatic carbocycles. The third-order valence-corrected chi connectivity index (χ3v) is 3.89. The highest BCUT2D eigenvalue weighted by Gasteiger charge is 2.48. The molecule has 1 saturated carbocycles. The van der Waals surface area contributed by atoms with Gasteiger partial charge in [0.15, 0.2) is 12.0 Å². The number of benzene rings is 1. The first-order chi connectivity index (χ1) is 8.29. The van der Waals surface area contributed by atoms with Crippen molar-refractivity contribution in [2.75, 3.05) is 13.6 Å². The van der Waals surface area contributed by atoms with E-state index in [0.29, 0.717) is 6.04 Å². The molecule has 3 rings (SSSR count). The molecule has 1 unspecified atom stereocenters. The van der Waals surface area contributed by atoms with Gasteiger partial charge in [-0.1, -0.05) is 6.07 Å². The molecule has 4 heteroatoms. The van der Waals surface area contributed by atoms with Crippen molar-refractivity contribution in [2.45, 2.75) is 18.9 Å². The van der Waals surface area contributed by atoms with Gasteiger partial charge >= 0.3 is 0 Å². The van der Waals surface area contributed by atoms with Crippen LogP contribution < -0.4 is 11.1 Å². The van der Waals surface area contributed by atoms with Gasteiger partial charge in [-0.25, -0.2) is 4.98 Å². The van der Waals surface area contributed by atoms with Crippen LogP contribution >= 0.6 is 0 Å². The van der Waals surface area contributed by atoms with Crippen molar-refractivity contribution in [1.82, 2.24) is 10.3 Å². The summed E-state index contributed by atoms with van der Waals surface area (Å²) in [6.45, 7) is 0.729. The van der Waals surface area contributed by atoms with E-state index >= 15 is 0 Å². The second-order valence-corrected chi connectivity index (χ2v) is 4.87. The zero-order valence-corrected chi connectivity index (χ0v) is 9.94. The van der Waals surface area contributed by atoms with E-state index in [1.807, 2.05) is 13.1 Å². The van der Waals surface area contributed by atoms with Gasteiger partial charge in [-0.05, 0) is 44.1 Å². The van der Waals surface area contributed by atoms with Crippen LogP contribution in [-0.4, -0.2) is 18.6 Å². The minimum Gasteiger partial charge on any atom is -0.443 e. The summed E-state index contributed by atoms with van der Waals surface area (Å²) in [5.41, 5.74) is 9.12. The fourth-order valence-corrected chi connectivity index (χ4v) is 2.65. The summed E-state index contributed by atoms with van der Waals surface area (Å²) in [7, 11) is 1.99. The monoisotopic (exact) mass is 231 g/mol. The second-order valence-electron chi connectivity index (χ2n) is 4.87. The number of rotatable bonds is 4. The summed E-state index contributed by atoms with van der Waals surface area (Å²) in [4.78, 5) is 4.13. The summed E-state index contributed by atoms with van der Waals surface area (Å²) in [6.07, 6.45) is 3.88. The van der Waals surface area contributed by atoms with E-state index in [4.69, 9.17) is 10.2 Å². The number of nitrogens with zero attached hydrogens (tertiary/aromatic N) is 1. The predicted octanol–water partition coefficient (Wildman–Crippen LogP) is 1.83. The van der Waals surface area contributed by atoms with Crippen molar-refractivity contribution < 1.29 is 4.42 Å². The largest absolute Gasteiger partial charge is 0.443 e. The first-order valence-electron chi connectivity index (χ1n) is 5.99. The first kappa shape index (κ1) is 10.7. The molecule has 0 bridgehead atoms. The maximum absolute atomic E-state index is 5.90. The average Bonchev–Trinajstić information content (AvgIpc) is 3.00. The van der Waals surface area contributed by atoms with Crippen LogP contribution in [0.25, 0.3) is 11.1 Å². The zero-order chi connectivity index (χ0) is 11.9. The van der Waals surface area contributed by atoms with Crippen molar-refractivity contribution in [2.24, 2.45) is 11.1 Å². The van der Waals surface area contributed by atoms with Crippen LogP contribution in [0.2, 0.25) is 0 Å². The standard InChI is InChI=1S/C13H17N3O/c1-15-12(13(7-14)4-5-13)9-2-3-10-11(6-9)17-8-16-10/h2-3,6,8,12,15H,4-5,7,14H2,1H3. The number of hydrogen-bond donors (Lipinski definition) is 2. The van der Waals surface area contributed by atoms with Crippen molar-refractivity contribution in [1.29, 1.82) is 0 Å². The van der Waals surface area contributed by atoms with Crippen LogP contribution in [0.5, 0.6) is 0 Å². The molecule has 1 aliphatic rings. The third-order valence-electron chi connectivity index (χ3n) is 3.89. The second kappa shape index (κ2) is 3.82. The lowest BCUT2D eigenvalue weighted by atomic mass is 9.90. The molecule has 1 heterocycles. The Morgan fingerprint density at radius 1 is 1.53 bits per heavy atom. The summed E-state index contributed by atoms with van der Waals surface area (Å²) in [5.74, 6) is 0. The highest BCUT2D eigenvalue weighted by molar-refractivity contribution is 5.73. The van der Waals surface area contributed by atoms with Gasteiger partial charge in [-0.3, -0.25) is 0 Å². The molecule has 1 aromatic heterocycles. The van der Waals surface area contributed by atoms with Gasteiger partial charge in [0.2, 0.25) is 0 Å². The maximum Gasteiger partial charge on any atom is 0.181 e. The Hall–Kier alpha value is -1.39. The van der Waals surface area contributed by atoms with Gasteiger partial charge in [0.05, 0.1) is 0 Å². The lowest BCUT2D eigenvalue weighted by Crippen LogP contribution is -2.32. The smallest absolute Gasteiger partial charge is 0.181 e. The summed E-state index contributed by atoms with van der Waals surface area (Å²) >= 11 is 0. The molecule has 1 fully saturated rings. The molecule has 0 spiro atoms. The normalized spacial score (nSPS) is 19.4. The number of nitrogens with two attached hydrogens (primary N) is 1. The molecule has 0 saturated heterocycles. The highest BCUT2D eigenvalue weighted by atomic mass is 16.3. The van der Waals surface area contributed by atoms with Gasteiger partial charge < -0.3 is 15.5 Å². The third kappa shape index (κ3) is 1.64. The van der Waals surface area contributed by atoms with Crippen LogP contribution in [0.4, 0.5) is 0 Å². The van der Waals surface area contributed by atoms with Crippen LogP contribution in [0, 0.1) is 5.41 Å². The quantitative estimate of drug-likeness (QED) is 0.842. The van der Waals surface area contributed by atoms with E-state index in [9.17, 15) is 0 Å². The maximum atomic E-state index is 5.90. The minimum absolute atomic E-state index is 0.239. The van der Waals surface area contributed by atoms with Crippen molar-refractivity contribution in [3.05, 3.63) is 30.2 Å². The lowest BCUT2D eigenvalue weighted by Gasteiger charge is -2.25. The van der Waals surface area contributed by atoms with E-state index in [0.717, 1.165) is 17.6 Å². The molecule has 0 amide bonds. The van der Waals surface area contributed by atoms with E-state index in [1.165, 1.54) is 24.8 Å². The summed E-state index contributed by atoms with van der Waals surface area (Å²) < 4.78 is 5.35. The lowest BCUT2D eigenvalue weighted by molar-refractivity contribution is 0.366. The summed E-state index contributed by atoms with van der Waals surface area (Å²) in [6, 6.07) is 6.49. The molecule has 17 heavy (non-hydrogen) atoms. The molecule has 1 atom stereocenters. The van der Waals surface area contributed by atoms with Gasteiger partial charge in [0.1, 0.15) is 5.52 Å². The number of aromatic nitrogens is 1. The average molecular weight is 231 g/mol. The van der Waals surface area contributed by atoms with Crippen LogP contribution in [0.15, 0.2) is 29.0 Å². The number of oxazole rings is 1. The first-order valence-corrected chi connectivity index (χ1v) is 5.99.